The van der Waals surface area contributed by atoms with Gasteiger partial charge in [0.25, 0.3) is 5.91 Å². The third-order valence-electron chi connectivity index (χ3n) is 5.19. The second-order valence-electron chi connectivity index (χ2n) is 7.45. The van der Waals surface area contributed by atoms with Crippen LogP contribution in [0.25, 0.3) is 0 Å². The lowest BCUT2D eigenvalue weighted by molar-refractivity contribution is 0.101. The summed E-state index contributed by atoms with van der Waals surface area (Å²) in [5.74, 6) is 0.897. The summed E-state index contributed by atoms with van der Waals surface area (Å²) in [6.07, 6.45) is 0. The van der Waals surface area contributed by atoms with E-state index < -0.39 is 0 Å². The Morgan fingerprint density at radius 1 is 1.09 bits per heavy atom. The molecule has 0 aliphatic rings. The van der Waals surface area contributed by atoms with Crippen molar-refractivity contribution >= 4 is 27.5 Å². The number of anilines is 1. The van der Waals surface area contributed by atoms with Gasteiger partial charge in [-0.05, 0) is 50.6 Å². The molecule has 0 saturated heterocycles. The van der Waals surface area contributed by atoms with E-state index in [9.17, 15) is 4.79 Å². The molecule has 0 fully saturated rings. The average Bonchev–Trinajstić information content (AvgIpc) is 3.28. The van der Waals surface area contributed by atoms with Crippen molar-refractivity contribution in [1.82, 2.24) is 14.9 Å². The number of nitrogens with one attached hydrogen (secondary N) is 1. The molecule has 0 saturated carbocycles. The summed E-state index contributed by atoms with van der Waals surface area (Å²) < 4.78 is 14.0. The third-order valence-corrected chi connectivity index (χ3v) is 5.72. The van der Waals surface area contributed by atoms with Gasteiger partial charge in [-0.3, -0.25) is 9.48 Å². The molecule has 4 rings (SSSR count). The number of rotatable bonds is 7. The van der Waals surface area contributed by atoms with Crippen LogP contribution in [0.1, 0.15) is 38.8 Å². The minimum atomic E-state index is -0.358. The van der Waals surface area contributed by atoms with E-state index in [0.717, 1.165) is 21.4 Å². The highest BCUT2D eigenvalue weighted by Crippen LogP contribution is 2.24. The molecule has 0 atom stereocenters. The number of carbonyl (C=O) groups is 1. The van der Waals surface area contributed by atoms with Gasteiger partial charge in [0.1, 0.15) is 18.1 Å². The van der Waals surface area contributed by atoms with Crippen LogP contribution >= 0.6 is 15.9 Å². The maximum atomic E-state index is 13.0. The first kappa shape index (κ1) is 21.8. The number of aryl methyl sites for hydroxylation is 2. The van der Waals surface area contributed by atoms with E-state index in [1.54, 1.807) is 6.92 Å². The zero-order valence-electron chi connectivity index (χ0n) is 18.1. The molecule has 2 heterocycles. The molecule has 164 valence electrons. The van der Waals surface area contributed by atoms with Crippen molar-refractivity contribution < 1.29 is 14.1 Å². The molecule has 1 amide bonds. The van der Waals surface area contributed by atoms with Crippen LogP contribution in [0.2, 0.25) is 0 Å². The Balaban J connectivity index is 1.51. The highest BCUT2D eigenvalue weighted by atomic mass is 79.9. The molecular formula is C24H23BrN4O3. The molecule has 7 nitrogen and oxygen atoms in total. The number of hydrogen-bond acceptors (Lipinski definition) is 5. The smallest absolute Gasteiger partial charge is 0.278 e. The summed E-state index contributed by atoms with van der Waals surface area (Å²) >= 11 is 3.45. The van der Waals surface area contributed by atoms with E-state index in [1.165, 1.54) is 0 Å². The maximum Gasteiger partial charge on any atom is 0.278 e. The molecule has 0 unspecified atom stereocenters. The number of halogens is 1. The Hall–Kier alpha value is -3.39. The Kier molecular flexibility index (Phi) is 6.41. The number of hydrogen-bond donors (Lipinski definition) is 1. The van der Waals surface area contributed by atoms with Crippen molar-refractivity contribution in [2.24, 2.45) is 0 Å². The van der Waals surface area contributed by atoms with Crippen molar-refractivity contribution in [3.63, 3.8) is 0 Å². The first-order valence-electron chi connectivity index (χ1n) is 10.1. The van der Waals surface area contributed by atoms with E-state index in [4.69, 9.17) is 9.26 Å². The molecule has 4 aromatic rings. The van der Waals surface area contributed by atoms with Crippen LogP contribution in [-0.4, -0.2) is 20.8 Å². The van der Waals surface area contributed by atoms with Crippen LogP contribution in [-0.2, 0) is 13.2 Å². The molecule has 0 radical (unpaired) electrons. The first-order valence-corrected chi connectivity index (χ1v) is 10.9. The second kappa shape index (κ2) is 9.40. The summed E-state index contributed by atoms with van der Waals surface area (Å²) in [6, 6.07) is 17.5. The maximum absolute atomic E-state index is 13.0. The monoisotopic (exact) mass is 494 g/mol. The fraction of sp³-hybridized carbons (Fsp3) is 0.208. The molecule has 0 aliphatic heterocycles. The molecule has 0 bridgehead atoms. The summed E-state index contributed by atoms with van der Waals surface area (Å²) in [7, 11) is 0. The largest absolute Gasteiger partial charge is 0.489 e. The van der Waals surface area contributed by atoms with E-state index in [2.05, 4.69) is 31.5 Å². The number of amides is 1. The van der Waals surface area contributed by atoms with Crippen LogP contribution in [0.4, 0.5) is 5.69 Å². The predicted molar refractivity (Wildman–Crippen MR) is 125 cm³/mol. The molecular weight excluding hydrogens is 472 g/mol. The van der Waals surface area contributed by atoms with Crippen LogP contribution in [0.5, 0.6) is 5.75 Å². The highest BCUT2D eigenvalue weighted by molar-refractivity contribution is 9.10. The van der Waals surface area contributed by atoms with Gasteiger partial charge >= 0.3 is 0 Å². The van der Waals surface area contributed by atoms with Crippen molar-refractivity contribution in [3.05, 3.63) is 93.0 Å². The van der Waals surface area contributed by atoms with E-state index >= 15 is 0 Å². The van der Waals surface area contributed by atoms with Gasteiger partial charge in [-0.1, -0.05) is 51.4 Å². The van der Waals surface area contributed by atoms with Crippen molar-refractivity contribution in [2.75, 3.05) is 5.32 Å². The lowest BCUT2D eigenvalue weighted by Crippen LogP contribution is -2.16. The molecule has 2 aromatic heterocycles. The molecule has 1 N–H and O–H groups in total. The van der Waals surface area contributed by atoms with Gasteiger partial charge in [0.05, 0.1) is 29.2 Å². The molecule has 0 aliphatic carbocycles. The quantitative estimate of drug-likeness (QED) is 0.369. The second-order valence-corrected chi connectivity index (χ2v) is 8.37. The van der Waals surface area contributed by atoms with E-state index in [0.29, 0.717) is 29.3 Å². The third kappa shape index (κ3) is 4.75. The Morgan fingerprint density at radius 2 is 1.81 bits per heavy atom. The van der Waals surface area contributed by atoms with Gasteiger partial charge in [-0.15, -0.1) is 0 Å². The minimum absolute atomic E-state index is 0.183. The van der Waals surface area contributed by atoms with Gasteiger partial charge in [0, 0.05) is 4.47 Å². The lowest BCUT2D eigenvalue weighted by Gasteiger charge is -2.08. The summed E-state index contributed by atoms with van der Waals surface area (Å²) in [5, 5.41) is 11.5. The van der Waals surface area contributed by atoms with Crippen LogP contribution in [0.3, 0.4) is 0 Å². The predicted octanol–water partition coefficient (Wildman–Crippen LogP) is 5.44. The Labute approximate surface area is 194 Å². The standard InChI is InChI=1S/C24H23BrN4O3/c1-15-22(16(2)29(27-15)13-18-9-11-19(25)12-10-18)26-24(30)23-21(17(3)32-28-23)14-31-20-7-5-4-6-8-20/h4-12H,13-14H2,1-3H3,(H,26,30). The minimum Gasteiger partial charge on any atom is -0.489 e. The van der Waals surface area contributed by atoms with Crippen molar-refractivity contribution in [3.8, 4) is 5.75 Å². The molecule has 0 spiro atoms. The summed E-state index contributed by atoms with van der Waals surface area (Å²) in [4.78, 5) is 13.0. The highest BCUT2D eigenvalue weighted by Gasteiger charge is 2.23. The number of para-hydroxylation sites is 1. The fourth-order valence-corrected chi connectivity index (χ4v) is 3.64. The van der Waals surface area contributed by atoms with Gasteiger partial charge in [0.15, 0.2) is 5.69 Å². The van der Waals surface area contributed by atoms with Gasteiger partial charge in [0.2, 0.25) is 0 Å². The number of aromatic nitrogens is 3. The number of benzene rings is 2. The number of ether oxygens (including phenoxy) is 1. The first-order chi connectivity index (χ1) is 15.4. The Bertz CT molecular complexity index is 1230. The van der Waals surface area contributed by atoms with Crippen LogP contribution in [0, 0.1) is 20.8 Å². The topological polar surface area (TPSA) is 82.2 Å². The van der Waals surface area contributed by atoms with Crippen LogP contribution < -0.4 is 10.1 Å². The molecule has 8 heteroatoms. The van der Waals surface area contributed by atoms with Crippen LogP contribution in [0.15, 0.2) is 63.6 Å². The Morgan fingerprint density at radius 3 is 2.53 bits per heavy atom. The van der Waals surface area contributed by atoms with E-state index in [-0.39, 0.29) is 18.2 Å². The SMILES string of the molecule is Cc1nn(Cc2ccc(Br)cc2)c(C)c1NC(=O)c1noc(C)c1COc1ccccc1. The van der Waals surface area contributed by atoms with Gasteiger partial charge in [-0.2, -0.15) is 5.10 Å². The lowest BCUT2D eigenvalue weighted by atomic mass is 10.2. The van der Waals surface area contributed by atoms with Gasteiger partial charge < -0.3 is 14.6 Å². The van der Waals surface area contributed by atoms with Crippen molar-refractivity contribution in [1.29, 1.82) is 0 Å². The number of carbonyl (C=O) groups excluding carboxylic acids is 1. The fourth-order valence-electron chi connectivity index (χ4n) is 3.38. The number of nitrogens with zero attached hydrogens (tertiary/aromatic N) is 3. The average molecular weight is 495 g/mol. The van der Waals surface area contributed by atoms with Gasteiger partial charge in [-0.25, -0.2) is 0 Å². The summed E-state index contributed by atoms with van der Waals surface area (Å²) in [6.45, 7) is 6.36. The van der Waals surface area contributed by atoms with E-state index in [1.807, 2.05) is 73.1 Å². The zero-order chi connectivity index (χ0) is 22.7. The molecule has 2 aromatic carbocycles. The summed E-state index contributed by atoms with van der Waals surface area (Å²) in [5.41, 5.74) is 4.20. The zero-order valence-corrected chi connectivity index (χ0v) is 19.6. The normalized spacial score (nSPS) is 10.9. The van der Waals surface area contributed by atoms with Crippen molar-refractivity contribution in [2.45, 2.75) is 33.9 Å². The molecule has 32 heavy (non-hydrogen) atoms.